The predicted molar refractivity (Wildman–Crippen MR) is 92.7 cm³/mol. The smallest absolute Gasteiger partial charge is 0.274 e. The fourth-order valence-electron chi connectivity index (χ4n) is 2.36. The molecule has 1 amide bonds. The van der Waals surface area contributed by atoms with E-state index in [1.165, 1.54) is 6.39 Å². The molecule has 1 aromatic heterocycles. The zero-order valence-corrected chi connectivity index (χ0v) is 14.0. The first kappa shape index (κ1) is 16.6. The molecule has 0 radical (unpaired) electrons. The van der Waals surface area contributed by atoms with E-state index in [-0.39, 0.29) is 11.6 Å². The molecular formula is C19H18N2O4. The fraction of sp³-hybridized carbons (Fsp3) is 0.158. The highest BCUT2D eigenvalue weighted by Crippen LogP contribution is 2.25. The van der Waals surface area contributed by atoms with Gasteiger partial charge in [-0.25, -0.2) is 4.98 Å². The lowest BCUT2D eigenvalue weighted by molar-refractivity contribution is 0.0947. The Morgan fingerprint density at radius 1 is 1.00 bits per heavy atom. The summed E-state index contributed by atoms with van der Waals surface area (Å²) in [7, 11) is 3.21. The summed E-state index contributed by atoms with van der Waals surface area (Å²) in [6, 6.07) is 14.7. The molecule has 1 N–H and O–H groups in total. The topological polar surface area (TPSA) is 73.6 Å². The minimum absolute atomic E-state index is 0.249. The van der Waals surface area contributed by atoms with E-state index in [0.29, 0.717) is 12.3 Å². The van der Waals surface area contributed by atoms with Crippen LogP contribution in [0.2, 0.25) is 0 Å². The number of hydrogen-bond acceptors (Lipinski definition) is 5. The van der Waals surface area contributed by atoms with Crippen LogP contribution in [0.4, 0.5) is 0 Å². The monoisotopic (exact) mass is 338 g/mol. The van der Waals surface area contributed by atoms with E-state index in [2.05, 4.69) is 10.3 Å². The maximum atomic E-state index is 12.4. The molecule has 128 valence electrons. The maximum Gasteiger partial charge on any atom is 0.274 e. The minimum Gasteiger partial charge on any atom is -0.497 e. The molecular weight excluding hydrogens is 320 g/mol. The van der Waals surface area contributed by atoms with Crippen LogP contribution in [0.1, 0.15) is 16.1 Å². The SMILES string of the molecule is COc1ccc(CNC(=O)c2ncoc2-c2ccc(OC)cc2)cc1. The molecule has 0 atom stereocenters. The van der Waals surface area contributed by atoms with E-state index < -0.39 is 0 Å². The average molecular weight is 338 g/mol. The molecule has 0 aliphatic carbocycles. The summed E-state index contributed by atoms with van der Waals surface area (Å²) in [6.07, 6.45) is 1.27. The normalized spacial score (nSPS) is 10.3. The Bertz CT molecular complexity index is 839. The lowest BCUT2D eigenvalue weighted by Crippen LogP contribution is -2.23. The Hall–Kier alpha value is -3.28. The minimum atomic E-state index is -0.296. The number of carbonyl (C=O) groups excluding carboxylic acids is 1. The van der Waals surface area contributed by atoms with Crippen molar-refractivity contribution in [3.8, 4) is 22.8 Å². The van der Waals surface area contributed by atoms with Gasteiger partial charge in [0.1, 0.15) is 11.5 Å². The van der Waals surface area contributed by atoms with Gasteiger partial charge in [-0.15, -0.1) is 0 Å². The summed E-state index contributed by atoms with van der Waals surface area (Å²) in [4.78, 5) is 16.5. The predicted octanol–water partition coefficient (Wildman–Crippen LogP) is 3.29. The van der Waals surface area contributed by atoms with Crippen molar-refractivity contribution in [2.45, 2.75) is 6.54 Å². The quantitative estimate of drug-likeness (QED) is 0.746. The van der Waals surface area contributed by atoms with Crippen molar-refractivity contribution >= 4 is 5.91 Å². The summed E-state index contributed by atoms with van der Waals surface area (Å²) in [5.41, 5.74) is 1.97. The second-order valence-electron chi connectivity index (χ2n) is 5.29. The first-order valence-electron chi connectivity index (χ1n) is 7.70. The molecule has 0 saturated carbocycles. The van der Waals surface area contributed by atoms with Crippen LogP contribution in [0.15, 0.2) is 59.3 Å². The lowest BCUT2D eigenvalue weighted by Gasteiger charge is -2.06. The van der Waals surface area contributed by atoms with E-state index >= 15 is 0 Å². The number of methoxy groups -OCH3 is 2. The molecule has 25 heavy (non-hydrogen) atoms. The molecule has 0 saturated heterocycles. The zero-order valence-electron chi connectivity index (χ0n) is 14.0. The number of oxazole rings is 1. The fourth-order valence-corrected chi connectivity index (χ4v) is 2.36. The van der Waals surface area contributed by atoms with E-state index in [4.69, 9.17) is 13.9 Å². The average Bonchev–Trinajstić information content (AvgIpc) is 3.16. The van der Waals surface area contributed by atoms with E-state index in [0.717, 1.165) is 22.6 Å². The van der Waals surface area contributed by atoms with Gasteiger partial charge in [-0.3, -0.25) is 4.79 Å². The third-order valence-corrected chi connectivity index (χ3v) is 3.75. The van der Waals surface area contributed by atoms with E-state index in [9.17, 15) is 4.79 Å². The van der Waals surface area contributed by atoms with E-state index in [1.807, 2.05) is 36.4 Å². The van der Waals surface area contributed by atoms with Crippen LogP contribution < -0.4 is 14.8 Å². The van der Waals surface area contributed by atoms with Gasteiger partial charge < -0.3 is 19.2 Å². The number of nitrogens with one attached hydrogen (secondary N) is 1. The highest BCUT2D eigenvalue weighted by molar-refractivity contribution is 5.97. The Morgan fingerprint density at radius 3 is 2.20 bits per heavy atom. The summed E-state index contributed by atoms with van der Waals surface area (Å²) in [5.74, 6) is 1.63. The van der Waals surface area contributed by atoms with Gasteiger partial charge in [0.15, 0.2) is 17.8 Å². The van der Waals surface area contributed by atoms with Crippen LogP contribution in [0.25, 0.3) is 11.3 Å². The molecule has 6 nitrogen and oxygen atoms in total. The molecule has 0 aliphatic heterocycles. The Balaban J connectivity index is 1.71. The Kier molecular flexibility index (Phi) is 4.99. The number of hydrogen-bond donors (Lipinski definition) is 1. The lowest BCUT2D eigenvalue weighted by atomic mass is 10.1. The van der Waals surface area contributed by atoms with Crippen LogP contribution in [0.5, 0.6) is 11.5 Å². The van der Waals surface area contributed by atoms with Gasteiger partial charge >= 0.3 is 0 Å². The summed E-state index contributed by atoms with van der Waals surface area (Å²) in [6.45, 7) is 0.387. The van der Waals surface area contributed by atoms with Crippen molar-refractivity contribution in [1.82, 2.24) is 10.3 Å². The van der Waals surface area contributed by atoms with Gasteiger partial charge in [0.2, 0.25) is 0 Å². The molecule has 1 heterocycles. The number of nitrogens with zero attached hydrogens (tertiary/aromatic N) is 1. The number of carbonyl (C=O) groups is 1. The Morgan fingerprint density at radius 2 is 1.60 bits per heavy atom. The first-order chi connectivity index (χ1) is 12.2. The van der Waals surface area contributed by atoms with Crippen LogP contribution in [-0.4, -0.2) is 25.1 Å². The van der Waals surface area contributed by atoms with Crippen molar-refractivity contribution in [2.24, 2.45) is 0 Å². The summed E-state index contributed by atoms with van der Waals surface area (Å²) in [5, 5.41) is 2.84. The number of amides is 1. The summed E-state index contributed by atoms with van der Waals surface area (Å²) >= 11 is 0. The van der Waals surface area contributed by atoms with Gasteiger partial charge in [0.05, 0.1) is 14.2 Å². The Labute approximate surface area is 145 Å². The first-order valence-corrected chi connectivity index (χ1v) is 7.70. The van der Waals surface area contributed by atoms with Crippen LogP contribution in [-0.2, 0) is 6.54 Å². The highest BCUT2D eigenvalue weighted by atomic mass is 16.5. The van der Waals surface area contributed by atoms with Gasteiger partial charge in [-0.05, 0) is 42.0 Å². The van der Waals surface area contributed by atoms with Crippen LogP contribution in [0, 0.1) is 0 Å². The maximum absolute atomic E-state index is 12.4. The number of rotatable bonds is 6. The van der Waals surface area contributed by atoms with Gasteiger partial charge in [0, 0.05) is 12.1 Å². The second-order valence-corrected chi connectivity index (χ2v) is 5.29. The van der Waals surface area contributed by atoms with Gasteiger partial charge in [-0.1, -0.05) is 12.1 Å². The third kappa shape index (κ3) is 3.80. The summed E-state index contributed by atoms with van der Waals surface area (Å²) < 4.78 is 15.6. The number of ether oxygens (including phenoxy) is 2. The molecule has 0 spiro atoms. The molecule has 3 aromatic rings. The molecule has 0 unspecified atom stereocenters. The number of benzene rings is 2. The zero-order chi connectivity index (χ0) is 17.6. The largest absolute Gasteiger partial charge is 0.497 e. The molecule has 0 aliphatic rings. The van der Waals surface area contributed by atoms with Gasteiger partial charge in [0.25, 0.3) is 5.91 Å². The van der Waals surface area contributed by atoms with Crippen LogP contribution in [0.3, 0.4) is 0 Å². The van der Waals surface area contributed by atoms with Gasteiger partial charge in [-0.2, -0.15) is 0 Å². The van der Waals surface area contributed by atoms with Crippen LogP contribution >= 0.6 is 0 Å². The highest BCUT2D eigenvalue weighted by Gasteiger charge is 2.18. The molecule has 0 bridgehead atoms. The molecule has 2 aromatic carbocycles. The second kappa shape index (κ2) is 7.53. The van der Waals surface area contributed by atoms with Crippen molar-refractivity contribution < 1.29 is 18.7 Å². The third-order valence-electron chi connectivity index (χ3n) is 3.75. The van der Waals surface area contributed by atoms with Crippen molar-refractivity contribution in [1.29, 1.82) is 0 Å². The van der Waals surface area contributed by atoms with E-state index in [1.54, 1.807) is 26.4 Å². The number of aromatic nitrogens is 1. The van der Waals surface area contributed by atoms with Crippen molar-refractivity contribution in [3.05, 3.63) is 66.2 Å². The molecule has 6 heteroatoms. The molecule has 0 fully saturated rings. The van der Waals surface area contributed by atoms with Crippen molar-refractivity contribution in [2.75, 3.05) is 14.2 Å². The molecule has 3 rings (SSSR count). The van der Waals surface area contributed by atoms with Crippen molar-refractivity contribution in [3.63, 3.8) is 0 Å². The standard InChI is InChI=1S/C19H18N2O4/c1-23-15-7-3-13(4-8-15)11-20-19(22)17-18(25-12-21-17)14-5-9-16(24-2)10-6-14/h3-10,12H,11H2,1-2H3,(H,20,22).